The molecule has 6 heteroatoms. The third kappa shape index (κ3) is 2.39. The summed E-state index contributed by atoms with van der Waals surface area (Å²) in [4.78, 5) is 18.1. The van der Waals surface area contributed by atoms with Gasteiger partial charge in [0.15, 0.2) is 0 Å². The van der Waals surface area contributed by atoms with Gasteiger partial charge in [-0.25, -0.2) is 4.98 Å². The van der Waals surface area contributed by atoms with E-state index in [-0.39, 0.29) is 5.91 Å². The molecule has 20 heavy (non-hydrogen) atoms. The molecule has 1 aliphatic rings. The van der Waals surface area contributed by atoms with Gasteiger partial charge in [0.25, 0.3) is 5.91 Å². The Morgan fingerprint density at radius 1 is 1.30 bits per heavy atom. The van der Waals surface area contributed by atoms with Gasteiger partial charge in [-0.3, -0.25) is 9.69 Å². The van der Waals surface area contributed by atoms with Crippen LogP contribution in [0.4, 0.5) is 0 Å². The van der Waals surface area contributed by atoms with Gasteiger partial charge in [-0.2, -0.15) is 0 Å². The summed E-state index contributed by atoms with van der Waals surface area (Å²) >= 11 is 6.44. The molecule has 0 atom stereocenters. The van der Waals surface area contributed by atoms with Crippen molar-refractivity contribution in [1.29, 1.82) is 0 Å². The number of thiocarbonyl (C=S) groups is 1. The number of carbonyl (C=O) groups excluding carboxylic acids is 1. The highest BCUT2D eigenvalue weighted by atomic mass is 32.2. The second kappa shape index (κ2) is 5.22. The van der Waals surface area contributed by atoms with E-state index in [9.17, 15) is 4.79 Å². The van der Waals surface area contributed by atoms with Crippen molar-refractivity contribution >= 4 is 40.3 Å². The number of rotatable bonds is 2. The van der Waals surface area contributed by atoms with Crippen molar-refractivity contribution in [2.75, 3.05) is 7.05 Å². The first-order chi connectivity index (χ1) is 9.65. The zero-order chi connectivity index (χ0) is 14.1. The van der Waals surface area contributed by atoms with Crippen LogP contribution < -0.4 is 0 Å². The number of hydrogen-bond donors (Lipinski definition) is 0. The first kappa shape index (κ1) is 13.1. The first-order valence-corrected chi connectivity index (χ1v) is 7.17. The number of nitrogens with zero attached hydrogens (tertiary/aromatic N) is 3. The minimum atomic E-state index is -0.0429. The molecule has 0 spiro atoms. The minimum Gasteiger partial charge on any atom is -0.306 e. The Morgan fingerprint density at radius 2 is 2.05 bits per heavy atom. The number of thioether (sulfide) groups is 1. The highest BCUT2D eigenvalue weighted by Gasteiger charge is 2.28. The van der Waals surface area contributed by atoms with Crippen molar-refractivity contribution in [3.05, 3.63) is 53.5 Å². The van der Waals surface area contributed by atoms with E-state index in [1.165, 1.54) is 16.7 Å². The van der Waals surface area contributed by atoms with Gasteiger partial charge in [0, 0.05) is 25.1 Å². The molecule has 100 valence electrons. The Hall–Kier alpha value is -1.92. The molecule has 0 aliphatic carbocycles. The maximum absolute atomic E-state index is 11.9. The van der Waals surface area contributed by atoms with Gasteiger partial charge in [0.05, 0.1) is 11.2 Å². The van der Waals surface area contributed by atoms with E-state index in [0.29, 0.717) is 9.23 Å². The summed E-state index contributed by atoms with van der Waals surface area (Å²) in [5, 5.41) is 0. The van der Waals surface area contributed by atoms with E-state index in [2.05, 4.69) is 4.98 Å². The molecule has 2 aromatic rings. The highest BCUT2D eigenvalue weighted by Crippen LogP contribution is 2.31. The summed E-state index contributed by atoms with van der Waals surface area (Å²) in [6, 6.07) is 7.91. The van der Waals surface area contributed by atoms with Crippen LogP contribution in [0.15, 0.2) is 47.9 Å². The smallest absolute Gasteiger partial charge is 0.265 e. The number of benzene rings is 1. The molecule has 1 aliphatic heterocycles. The van der Waals surface area contributed by atoms with Gasteiger partial charge in [0.2, 0.25) is 0 Å². The van der Waals surface area contributed by atoms with Crippen molar-refractivity contribution in [2.24, 2.45) is 0 Å². The van der Waals surface area contributed by atoms with Gasteiger partial charge in [-0.1, -0.05) is 36.1 Å². The van der Waals surface area contributed by atoms with Crippen LogP contribution in [0, 0.1) is 0 Å². The second-order valence-electron chi connectivity index (χ2n) is 4.30. The summed E-state index contributed by atoms with van der Waals surface area (Å²) in [7, 11) is 1.70. The van der Waals surface area contributed by atoms with E-state index in [1.54, 1.807) is 19.6 Å². The van der Waals surface area contributed by atoms with Gasteiger partial charge < -0.3 is 4.57 Å². The topological polar surface area (TPSA) is 38.1 Å². The van der Waals surface area contributed by atoms with E-state index < -0.39 is 0 Å². The second-order valence-corrected chi connectivity index (χ2v) is 5.98. The molecule has 3 rings (SSSR count). The van der Waals surface area contributed by atoms with Crippen LogP contribution in [0.1, 0.15) is 5.56 Å². The van der Waals surface area contributed by atoms with Crippen molar-refractivity contribution < 1.29 is 4.79 Å². The monoisotopic (exact) mass is 301 g/mol. The molecular formula is C14H11N3OS2. The average molecular weight is 301 g/mol. The van der Waals surface area contributed by atoms with Gasteiger partial charge in [0.1, 0.15) is 4.32 Å². The van der Waals surface area contributed by atoms with Crippen molar-refractivity contribution in [2.45, 2.75) is 0 Å². The molecule has 0 bridgehead atoms. The van der Waals surface area contributed by atoms with E-state index in [4.69, 9.17) is 12.2 Å². The lowest BCUT2D eigenvalue weighted by Crippen LogP contribution is -2.22. The van der Waals surface area contributed by atoms with Crippen LogP contribution >= 0.6 is 24.0 Å². The third-order valence-electron chi connectivity index (χ3n) is 2.98. The van der Waals surface area contributed by atoms with Crippen LogP contribution in [0.2, 0.25) is 0 Å². The Kier molecular flexibility index (Phi) is 3.42. The van der Waals surface area contributed by atoms with E-state index in [1.807, 2.05) is 41.1 Å². The molecule has 1 amide bonds. The number of hydrogen-bond acceptors (Lipinski definition) is 4. The highest BCUT2D eigenvalue weighted by molar-refractivity contribution is 8.26. The Morgan fingerprint density at radius 3 is 2.60 bits per heavy atom. The molecule has 1 aromatic heterocycles. The fourth-order valence-corrected chi connectivity index (χ4v) is 3.03. The number of aromatic nitrogens is 2. The number of carbonyl (C=O) groups is 1. The van der Waals surface area contributed by atoms with Gasteiger partial charge in [-0.15, -0.1) is 0 Å². The molecule has 4 nitrogen and oxygen atoms in total. The summed E-state index contributed by atoms with van der Waals surface area (Å²) in [5.41, 5.74) is 2.01. The first-order valence-electron chi connectivity index (χ1n) is 5.95. The molecule has 1 aromatic carbocycles. The fourth-order valence-electron chi connectivity index (χ4n) is 1.85. The van der Waals surface area contributed by atoms with E-state index >= 15 is 0 Å². The number of likely N-dealkylation sites (N-methyl/N-ethyl adjacent to an activating group) is 1. The van der Waals surface area contributed by atoms with Crippen LogP contribution in [-0.4, -0.2) is 31.7 Å². The molecule has 2 heterocycles. The largest absolute Gasteiger partial charge is 0.306 e. The molecular weight excluding hydrogens is 290 g/mol. The van der Waals surface area contributed by atoms with Crippen molar-refractivity contribution in [1.82, 2.24) is 14.5 Å². The quantitative estimate of drug-likeness (QED) is 0.631. The lowest BCUT2D eigenvalue weighted by molar-refractivity contribution is -0.121. The predicted molar refractivity (Wildman–Crippen MR) is 84.5 cm³/mol. The third-order valence-corrected chi connectivity index (χ3v) is 4.46. The molecule has 0 N–H and O–H groups in total. The fraction of sp³-hybridized carbons (Fsp3) is 0.0714. The Balaban J connectivity index is 1.86. The average Bonchev–Trinajstić information content (AvgIpc) is 3.06. The lowest BCUT2D eigenvalue weighted by Gasteiger charge is -2.04. The molecule has 0 radical (unpaired) electrons. The Labute approximate surface area is 126 Å². The molecule has 1 saturated heterocycles. The summed E-state index contributed by atoms with van der Waals surface area (Å²) in [5.74, 6) is -0.0429. The lowest BCUT2D eigenvalue weighted by atomic mass is 10.2. The van der Waals surface area contributed by atoms with Crippen LogP contribution in [0.3, 0.4) is 0 Å². The van der Waals surface area contributed by atoms with Gasteiger partial charge in [-0.05, 0) is 23.8 Å². The standard InChI is InChI=1S/C14H11N3OS2/c1-16-13(18)12(20-14(16)19)8-10-2-4-11(5-3-10)17-7-6-15-9-17/h2-9H,1H3/b12-8-. The molecule has 0 saturated carbocycles. The molecule has 0 unspecified atom stereocenters. The zero-order valence-corrected chi connectivity index (χ0v) is 12.3. The maximum Gasteiger partial charge on any atom is 0.265 e. The molecule has 1 fully saturated rings. The number of imidazole rings is 1. The van der Waals surface area contributed by atoms with Crippen molar-refractivity contribution in [3.8, 4) is 5.69 Å². The zero-order valence-electron chi connectivity index (χ0n) is 10.7. The summed E-state index contributed by atoms with van der Waals surface area (Å²) < 4.78 is 2.52. The number of amides is 1. The maximum atomic E-state index is 11.9. The SMILES string of the molecule is CN1C(=O)/C(=C/c2ccc(-n3ccnc3)cc2)SC1=S. The minimum absolute atomic E-state index is 0.0429. The van der Waals surface area contributed by atoms with Crippen molar-refractivity contribution in [3.63, 3.8) is 0 Å². The van der Waals surface area contributed by atoms with Gasteiger partial charge >= 0.3 is 0 Å². The van der Waals surface area contributed by atoms with Crippen LogP contribution in [-0.2, 0) is 4.79 Å². The normalized spacial score (nSPS) is 17.2. The summed E-state index contributed by atoms with van der Waals surface area (Å²) in [6.45, 7) is 0. The predicted octanol–water partition coefficient (Wildman–Crippen LogP) is 2.70. The van der Waals surface area contributed by atoms with Crippen LogP contribution in [0.5, 0.6) is 0 Å². The van der Waals surface area contributed by atoms with Crippen LogP contribution in [0.25, 0.3) is 11.8 Å². The van der Waals surface area contributed by atoms with E-state index in [0.717, 1.165) is 11.3 Å². The Bertz CT molecular complexity index is 690. The summed E-state index contributed by atoms with van der Waals surface area (Å²) in [6.07, 6.45) is 7.23.